The number of rotatable bonds is 8. The smallest absolute Gasteiger partial charge is 0.387 e. The fourth-order valence-electron chi connectivity index (χ4n) is 4.45. The third-order valence-corrected chi connectivity index (χ3v) is 6.23. The van der Waals surface area contributed by atoms with Crippen LogP contribution < -0.4 is 15.4 Å². The van der Waals surface area contributed by atoms with E-state index < -0.39 is 36.5 Å². The lowest BCUT2D eigenvalue weighted by Crippen LogP contribution is -2.35. The first kappa shape index (κ1) is 25.7. The first-order valence-corrected chi connectivity index (χ1v) is 11.7. The fourth-order valence-corrected chi connectivity index (χ4v) is 4.45. The average molecular weight is 537 g/mol. The summed E-state index contributed by atoms with van der Waals surface area (Å²) >= 11 is 0. The molecule has 0 bridgehead atoms. The molecule has 2 atom stereocenters. The number of halogens is 2. The van der Waals surface area contributed by atoms with E-state index in [1.807, 2.05) is 0 Å². The molecule has 0 fully saturated rings. The van der Waals surface area contributed by atoms with Crippen molar-refractivity contribution in [2.75, 3.05) is 0 Å². The summed E-state index contributed by atoms with van der Waals surface area (Å²) in [7, 11) is 0. The van der Waals surface area contributed by atoms with Gasteiger partial charge in [0.25, 0.3) is 11.8 Å². The number of carbonyl (C=O) groups excluding carboxylic acids is 2. The number of fused-ring (bicyclic) bond motifs is 2. The van der Waals surface area contributed by atoms with Crippen LogP contribution in [0.1, 0.15) is 54.1 Å². The van der Waals surface area contributed by atoms with Crippen LogP contribution >= 0.6 is 0 Å². The third-order valence-electron chi connectivity index (χ3n) is 6.23. The van der Waals surface area contributed by atoms with Crippen LogP contribution in [0.4, 0.5) is 8.78 Å². The van der Waals surface area contributed by atoms with E-state index in [0.29, 0.717) is 16.7 Å². The van der Waals surface area contributed by atoms with Crippen LogP contribution in [-0.2, 0) is 13.0 Å². The predicted octanol–water partition coefficient (Wildman–Crippen LogP) is 2.35. The molecule has 0 saturated heterocycles. The number of aromatic carboxylic acids is 1. The fraction of sp³-hybridized carbons (Fsp3) is 0.192. The standard InChI is InChI=1S/C26H21F2N5O6/c27-26(28)39-16-3-1-2-13(8-16)12-29-23(35)18-11-19(33-21(31-18)6-7-30-33)24(36)32-22-17-5-4-14(25(37)38)9-15(17)10-20(22)34/h1-9,11,20,22,26,34H,10,12H2,(H,29,35)(H,32,36)(H,37,38)/t20-,22-/m1/s1. The van der Waals surface area contributed by atoms with Crippen LogP contribution in [0.25, 0.3) is 5.65 Å². The number of hydrogen-bond donors (Lipinski definition) is 4. The molecule has 0 radical (unpaired) electrons. The molecule has 2 aromatic heterocycles. The number of hydrogen-bond acceptors (Lipinski definition) is 7. The van der Waals surface area contributed by atoms with Crippen molar-refractivity contribution >= 4 is 23.4 Å². The second-order valence-corrected chi connectivity index (χ2v) is 8.78. The Labute approximate surface area is 219 Å². The van der Waals surface area contributed by atoms with Crippen molar-refractivity contribution in [1.82, 2.24) is 25.2 Å². The highest BCUT2D eigenvalue weighted by Gasteiger charge is 2.33. The molecular formula is C26H21F2N5O6. The molecule has 0 aliphatic heterocycles. The molecule has 2 heterocycles. The number of carboxylic acid groups (broad SMARTS) is 1. The van der Waals surface area contributed by atoms with Gasteiger partial charge in [-0.3, -0.25) is 9.59 Å². The Morgan fingerprint density at radius 1 is 1.10 bits per heavy atom. The van der Waals surface area contributed by atoms with Gasteiger partial charge >= 0.3 is 12.6 Å². The number of nitrogens with zero attached hydrogens (tertiary/aromatic N) is 3. The Morgan fingerprint density at radius 2 is 1.92 bits per heavy atom. The van der Waals surface area contributed by atoms with E-state index in [4.69, 9.17) is 0 Å². The van der Waals surface area contributed by atoms with Crippen LogP contribution in [0.3, 0.4) is 0 Å². The first-order valence-electron chi connectivity index (χ1n) is 11.7. The molecule has 4 N–H and O–H groups in total. The Morgan fingerprint density at radius 3 is 2.69 bits per heavy atom. The zero-order valence-electron chi connectivity index (χ0n) is 20.0. The molecule has 13 heteroatoms. The van der Waals surface area contributed by atoms with Gasteiger partial charge in [-0.15, -0.1) is 0 Å². The number of carbonyl (C=O) groups is 3. The zero-order chi connectivity index (χ0) is 27.7. The lowest BCUT2D eigenvalue weighted by Gasteiger charge is -2.18. The van der Waals surface area contributed by atoms with Crippen LogP contribution in [0, 0.1) is 0 Å². The van der Waals surface area contributed by atoms with Crippen molar-refractivity contribution in [2.45, 2.75) is 31.7 Å². The highest BCUT2D eigenvalue weighted by molar-refractivity contribution is 5.98. The molecule has 5 rings (SSSR count). The maximum atomic E-state index is 13.3. The van der Waals surface area contributed by atoms with E-state index in [1.165, 1.54) is 53.2 Å². The minimum Gasteiger partial charge on any atom is -0.478 e. The molecule has 4 aromatic rings. The molecule has 0 unspecified atom stereocenters. The number of amides is 2. The summed E-state index contributed by atoms with van der Waals surface area (Å²) in [4.78, 5) is 41.7. The second kappa shape index (κ2) is 10.5. The molecule has 0 spiro atoms. The molecule has 39 heavy (non-hydrogen) atoms. The lowest BCUT2D eigenvalue weighted by atomic mass is 10.0. The van der Waals surface area contributed by atoms with Crippen molar-refractivity contribution in [3.05, 3.63) is 94.4 Å². The van der Waals surface area contributed by atoms with Crippen LogP contribution in [0.2, 0.25) is 0 Å². The summed E-state index contributed by atoms with van der Waals surface area (Å²) in [6, 6.07) is 12.2. The van der Waals surface area contributed by atoms with Gasteiger partial charge in [-0.1, -0.05) is 18.2 Å². The van der Waals surface area contributed by atoms with Crippen molar-refractivity contribution in [2.24, 2.45) is 0 Å². The van der Waals surface area contributed by atoms with E-state index in [-0.39, 0.29) is 41.3 Å². The Bertz CT molecular complexity index is 1590. The molecule has 200 valence electrons. The summed E-state index contributed by atoms with van der Waals surface area (Å²) in [5.74, 6) is -2.42. The van der Waals surface area contributed by atoms with Crippen molar-refractivity contribution in [3.8, 4) is 5.75 Å². The van der Waals surface area contributed by atoms with Gasteiger partial charge in [0.2, 0.25) is 0 Å². The minimum absolute atomic E-state index is 0.0176. The highest BCUT2D eigenvalue weighted by Crippen LogP contribution is 2.32. The molecule has 0 saturated carbocycles. The molecule has 11 nitrogen and oxygen atoms in total. The van der Waals surface area contributed by atoms with E-state index in [1.54, 1.807) is 12.1 Å². The van der Waals surface area contributed by atoms with E-state index in [2.05, 4.69) is 25.5 Å². The van der Waals surface area contributed by atoms with Crippen molar-refractivity contribution < 1.29 is 38.1 Å². The van der Waals surface area contributed by atoms with Gasteiger partial charge in [-0.25, -0.2) is 14.3 Å². The highest BCUT2D eigenvalue weighted by atomic mass is 19.3. The summed E-state index contributed by atoms with van der Waals surface area (Å²) in [6.45, 7) is -3.00. The molecule has 1 aliphatic carbocycles. The van der Waals surface area contributed by atoms with Gasteiger partial charge in [0.15, 0.2) is 5.65 Å². The Hall–Kier alpha value is -4.91. The number of benzene rings is 2. The van der Waals surface area contributed by atoms with Crippen molar-refractivity contribution in [1.29, 1.82) is 0 Å². The zero-order valence-corrected chi connectivity index (χ0v) is 20.0. The maximum absolute atomic E-state index is 13.3. The van der Waals surface area contributed by atoms with Gasteiger partial charge in [0.05, 0.1) is 23.9 Å². The summed E-state index contributed by atoms with van der Waals surface area (Å²) < 4.78 is 30.6. The lowest BCUT2D eigenvalue weighted by molar-refractivity contribution is -0.0499. The topological polar surface area (TPSA) is 155 Å². The quantitative estimate of drug-likeness (QED) is 0.267. The third kappa shape index (κ3) is 5.38. The van der Waals surface area contributed by atoms with E-state index in [9.17, 15) is 33.4 Å². The summed E-state index contributed by atoms with van der Waals surface area (Å²) in [6.07, 6.45) is 0.574. The van der Waals surface area contributed by atoms with Gasteiger partial charge in [0, 0.05) is 25.1 Å². The summed E-state index contributed by atoms with van der Waals surface area (Å²) in [5.41, 5.74) is 1.88. The largest absolute Gasteiger partial charge is 0.478 e. The summed E-state index contributed by atoms with van der Waals surface area (Å²) in [5, 5.41) is 29.3. The Balaban J connectivity index is 1.35. The van der Waals surface area contributed by atoms with E-state index >= 15 is 0 Å². The first-order chi connectivity index (χ1) is 18.7. The second-order valence-electron chi connectivity index (χ2n) is 8.78. The number of aliphatic hydroxyl groups is 1. The van der Waals surface area contributed by atoms with E-state index in [0.717, 1.165) is 0 Å². The average Bonchev–Trinajstić information content (AvgIpc) is 3.50. The number of ether oxygens (including phenoxy) is 1. The van der Waals surface area contributed by atoms with Gasteiger partial charge in [-0.2, -0.15) is 13.9 Å². The van der Waals surface area contributed by atoms with Crippen LogP contribution in [0.15, 0.2) is 60.8 Å². The van der Waals surface area contributed by atoms with Gasteiger partial charge < -0.3 is 25.6 Å². The minimum atomic E-state index is -2.98. The number of nitrogens with one attached hydrogen (secondary N) is 2. The monoisotopic (exact) mass is 537 g/mol. The van der Waals surface area contributed by atoms with Gasteiger partial charge in [0.1, 0.15) is 17.1 Å². The molecule has 1 aliphatic rings. The number of alkyl halides is 2. The number of aromatic nitrogens is 3. The van der Waals surface area contributed by atoms with Gasteiger partial charge in [-0.05, 0) is 41.0 Å². The molecule has 2 amide bonds. The number of aliphatic hydroxyl groups excluding tert-OH is 1. The number of carboxylic acids is 1. The Kier molecular flexibility index (Phi) is 6.90. The SMILES string of the molecule is O=C(O)c1ccc2c(c1)C[C@@H](O)[C@@H]2NC(=O)c1cc(C(=O)NCc2cccc(OC(F)F)c2)nc2ccnn12. The predicted molar refractivity (Wildman–Crippen MR) is 131 cm³/mol. The normalized spacial score (nSPS) is 16.2. The maximum Gasteiger partial charge on any atom is 0.387 e. The van der Waals surface area contributed by atoms with Crippen molar-refractivity contribution in [3.63, 3.8) is 0 Å². The molecule has 2 aromatic carbocycles. The van der Waals surface area contributed by atoms with Crippen LogP contribution in [-0.4, -0.2) is 55.3 Å². The van der Waals surface area contributed by atoms with Crippen LogP contribution in [0.5, 0.6) is 5.75 Å². The molecular weight excluding hydrogens is 516 g/mol.